The molecule has 0 N–H and O–H groups in total. The van der Waals surface area contributed by atoms with E-state index in [1.807, 2.05) is 24.3 Å². The number of methoxy groups -OCH3 is 1. The maximum absolute atomic E-state index is 11.2. The number of fused-ring (bicyclic) bond motifs is 1. The fourth-order valence-corrected chi connectivity index (χ4v) is 1.82. The summed E-state index contributed by atoms with van der Waals surface area (Å²) in [4.78, 5) is 13.9. The highest BCUT2D eigenvalue weighted by Crippen LogP contribution is 2.21. The molecule has 1 aromatic heterocycles. The first-order valence-corrected chi connectivity index (χ1v) is 5.82. The molecule has 2 rings (SSSR count). The molecule has 2 aromatic rings. The summed E-state index contributed by atoms with van der Waals surface area (Å²) in [6.07, 6.45) is 0.802. The number of hydrogen-bond acceptors (Lipinski definition) is 4. The van der Waals surface area contributed by atoms with Crippen LogP contribution in [0.5, 0.6) is 0 Å². The number of hydrogen-bond donors (Lipinski definition) is 0. The summed E-state index contributed by atoms with van der Waals surface area (Å²) in [6, 6.07) is 7.44. The minimum Gasteiger partial charge on any atom is -0.469 e. The van der Waals surface area contributed by atoms with E-state index in [0.29, 0.717) is 13.0 Å². The van der Waals surface area contributed by atoms with Crippen LogP contribution in [0.25, 0.3) is 21.4 Å². The zero-order valence-electron chi connectivity index (χ0n) is 10.5. The van der Waals surface area contributed by atoms with Crippen molar-refractivity contribution in [3.8, 4) is 0 Å². The number of ether oxygens (including phenoxy) is 1. The zero-order chi connectivity index (χ0) is 13.7. The van der Waals surface area contributed by atoms with E-state index in [4.69, 9.17) is 9.95 Å². The van der Waals surface area contributed by atoms with Crippen LogP contribution in [-0.2, 0) is 22.4 Å². The maximum Gasteiger partial charge on any atom is 0.309 e. The number of carbonyl (C=O) groups is 1. The van der Waals surface area contributed by atoms with Gasteiger partial charge >= 0.3 is 5.97 Å². The molecule has 1 heterocycles. The third-order valence-electron chi connectivity index (χ3n) is 2.73. The average molecular weight is 259 g/mol. The lowest BCUT2D eigenvalue weighted by Crippen LogP contribution is -2.03. The lowest BCUT2D eigenvalue weighted by atomic mass is 10.1. The molecule has 0 aliphatic carbocycles. The first-order chi connectivity index (χ1) is 9.22. The van der Waals surface area contributed by atoms with Gasteiger partial charge in [0, 0.05) is 23.3 Å². The zero-order valence-corrected chi connectivity index (χ0v) is 10.5. The summed E-state index contributed by atoms with van der Waals surface area (Å²) < 4.78 is 10.2. The van der Waals surface area contributed by atoms with Gasteiger partial charge in [0.15, 0.2) is 0 Å². The van der Waals surface area contributed by atoms with Crippen molar-refractivity contribution in [2.24, 2.45) is 5.11 Å². The summed E-state index contributed by atoms with van der Waals surface area (Å²) >= 11 is 0. The first-order valence-electron chi connectivity index (χ1n) is 5.82. The predicted octanol–water partition coefficient (Wildman–Crippen LogP) is 3.00. The molecule has 0 amide bonds. The Kier molecular flexibility index (Phi) is 4.05. The van der Waals surface area contributed by atoms with Gasteiger partial charge in [-0.2, -0.15) is 0 Å². The molecule has 19 heavy (non-hydrogen) atoms. The Bertz CT molecular complexity index is 642. The normalized spacial score (nSPS) is 10.2. The van der Waals surface area contributed by atoms with E-state index in [2.05, 4.69) is 14.8 Å². The molecule has 0 spiro atoms. The van der Waals surface area contributed by atoms with E-state index in [0.717, 1.165) is 22.3 Å². The van der Waals surface area contributed by atoms with Crippen LogP contribution in [0.4, 0.5) is 0 Å². The van der Waals surface area contributed by atoms with Crippen LogP contribution in [-0.4, -0.2) is 19.6 Å². The number of benzene rings is 1. The Morgan fingerprint density at radius 2 is 2.32 bits per heavy atom. The van der Waals surface area contributed by atoms with Gasteiger partial charge < -0.3 is 9.15 Å². The number of rotatable bonds is 5. The van der Waals surface area contributed by atoms with Crippen LogP contribution in [0, 0.1) is 0 Å². The molecule has 0 saturated carbocycles. The van der Waals surface area contributed by atoms with E-state index in [1.165, 1.54) is 7.11 Å². The van der Waals surface area contributed by atoms with E-state index in [1.54, 1.807) is 0 Å². The molecular formula is C13H13N3O3. The maximum atomic E-state index is 11.2. The largest absolute Gasteiger partial charge is 0.469 e. The van der Waals surface area contributed by atoms with Crippen LogP contribution in [0.2, 0.25) is 0 Å². The van der Waals surface area contributed by atoms with Crippen molar-refractivity contribution in [3.05, 3.63) is 46.0 Å². The van der Waals surface area contributed by atoms with Gasteiger partial charge in [-0.3, -0.25) is 4.79 Å². The fraction of sp³-hybridized carbons (Fsp3) is 0.308. The molecule has 0 bridgehead atoms. The van der Waals surface area contributed by atoms with Gasteiger partial charge in [-0.1, -0.05) is 11.2 Å². The summed E-state index contributed by atoms with van der Waals surface area (Å²) in [6.45, 7) is 0.366. The van der Waals surface area contributed by atoms with Gasteiger partial charge in [-0.15, -0.1) is 0 Å². The second kappa shape index (κ2) is 5.93. The van der Waals surface area contributed by atoms with Crippen molar-refractivity contribution in [2.75, 3.05) is 13.7 Å². The lowest BCUT2D eigenvalue weighted by molar-refractivity contribution is -0.139. The average Bonchev–Trinajstić information content (AvgIpc) is 2.81. The van der Waals surface area contributed by atoms with Crippen LogP contribution in [0.15, 0.2) is 33.8 Å². The van der Waals surface area contributed by atoms with Crippen LogP contribution >= 0.6 is 0 Å². The molecule has 0 aliphatic heterocycles. The monoisotopic (exact) mass is 259 g/mol. The number of esters is 1. The van der Waals surface area contributed by atoms with E-state index < -0.39 is 0 Å². The van der Waals surface area contributed by atoms with Crippen molar-refractivity contribution < 1.29 is 13.9 Å². The number of furan rings is 1. The molecule has 0 radical (unpaired) electrons. The summed E-state index contributed by atoms with van der Waals surface area (Å²) in [7, 11) is 1.37. The van der Waals surface area contributed by atoms with Crippen molar-refractivity contribution in [1.82, 2.24) is 0 Å². The second-order valence-corrected chi connectivity index (χ2v) is 4.04. The summed E-state index contributed by atoms with van der Waals surface area (Å²) in [5.74, 6) is 0.490. The Hall–Kier alpha value is -2.46. The van der Waals surface area contributed by atoms with Crippen molar-refractivity contribution in [2.45, 2.75) is 12.8 Å². The van der Waals surface area contributed by atoms with E-state index in [9.17, 15) is 4.79 Å². The minimum atomic E-state index is -0.272. The molecule has 0 unspecified atom stereocenters. The van der Waals surface area contributed by atoms with Crippen molar-refractivity contribution in [1.29, 1.82) is 0 Å². The van der Waals surface area contributed by atoms with Gasteiger partial charge in [-0.25, -0.2) is 0 Å². The third kappa shape index (κ3) is 3.26. The van der Waals surface area contributed by atoms with Crippen LogP contribution < -0.4 is 0 Å². The van der Waals surface area contributed by atoms with Gasteiger partial charge in [0.25, 0.3) is 0 Å². The van der Waals surface area contributed by atoms with Gasteiger partial charge in [0.05, 0.1) is 13.5 Å². The van der Waals surface area contributed by atoms with E-state index in [-0.39, 0.29) is 12.4 Å². The van der Waals surface area contributed by atoms with Crippen LogP contribution in [0.1, 0.15) is 11.3 Å². The quantitative estimate of drug-likeness (QED) is 0.358. The molecule has 0 fully saturated rings. The Morgan fingerprint density at radius 1 is 1.47 bits per heavy atom. The second-order valence-electron chi connectivity index (χ2n) is 4.04. The molecule has 6 heteroatoms. The predicted molar refractivity (Wildman–Crippen MR) is 69.7 cm³/mol. The topological polar surface area (TPSA) is 88.2 Å². The highest BCUT2D eigenvalue weighted by molar-refractivity contribution is 5.81. The number of carbonyl (C=O) groups excluding carboxylic acids is 1. The highest BCUT2D eigenvalue weighted by Gasteiger charge is 2.07. The van der Waals surface area contributed by atoms with Crippen molar-refractivity contribution in [3.63, 3.8) is 0 Å². The highest BCUT2D eigenvalue weighted by atomic mass is 16.5. The van der Waals surface area contributed by atoms with Crippen LogP contribution in [0.3, 0.4) is 0 Å². The molecule has 0 aliphatic rings. The SMILES string of the molecule is COC(=O)Cc1ccc2oc(CCN=[N+]=[N-])cc2c1. The van der Waals surface area contributed by atoms with Gasteiger partial charge in [0.2, 0.25) is 0 Å². The van der Waals surface area contributed by atoms with Crippen molar-refractivity contribution >= 4 is 16.9 Å². The van der Waals surface area contributed by atoms with Gasteiger partial charge in [0.1, 0.15) is 11.3 Å². The molecule has 98 valence electrons. The molecule has 6 nitrogen and oxygen atoms in total. The summed E-state index contributed by atoms with van der Waals surface area (Å²) in [5.41, 5.74) is 9.84. The van der Waals surface area contributed by atoms with E-state index >= 15 is 0 Å². The number of nitrogens with zero attached hydrogens (tertiary/aromatic N) is 3. The Morgan fingerprint density at radius 3 is 3.05 bits per heavy atom. The number of azide groups is 1. The molecule has 0 saturated heterocycles. The first kappa shape index (κ1) is 13.0. The summed E-state index contributed by atoms with van der Waals surface area (Å²) in [5, 5.41) is 4.39. The molecular weight excluding hydrogens is 246 g/mol. The standard InChI is InChI=1S/C13H13N3O3/c1-18-13(17)7-9-2-3-12-10(6-9)8-11(19-12)4-5-15-16-14/h2-3,6,8H,4-5,7H2,1H3. The minimum absolute atomic E-state index is 0.242. The third-order valence-corrected chi connectivity index (χ3v) is 2.73. The smallest absolute Gasteiger partial charge is 0.309 e. The van der Waals surface area contributed by atoms with Gasteiger partial charge in [-0.05, 0) is 29.3 Å². The lowest BCUT2D eigenvalue weighted by Gasteiger charge is -1.99. The Balaban J connectivity index is 2.18. The fourth-order valence-electron chi connectivity index (χ4n) is 1.82. The molecule has 1 aromatic carbocycles. The Labute approximate surface area is 109 Å². The molecule has 0 atom stereocenters.